The third-order valence-electron chi connectivity index (χ3n) is 5.59. The van der Waals surface area contributed by atoms with Gasteiger partial charge >= 0.3 is 0 Å². The molecule has 160 valence electrons. The predicted molar refractivity (Wildman–Crippen MR) is 129 cm³/mol. The minimum absolute atomic E-state index is 0.0654. The van der Waals surface area contributed by atoms with Gasteiger partial charge in [0.25, 0.3) is 0 Å². The Bertz CT molecular complexity index is 938. The molecule has 3 aromatic carbocycles. The maximum atomic E-state index is 13.0. The van der Waals surface area contributed by atoms with E-state index < -0.39 is 0 Å². The Hall–Kier alpha value is -2.37. The first-order valence-electron chi connectivity index (χ1n) is 10.6. The van der Waals surface area contributed by atoms with E-state index in [0.717, 1.165) is 17.7 Å². The van der Waals surface area contributed by atoms with Gasteiger partial charge in [0.05, 0.1) is 23.7 Å². The fourth-order valence-electron chi connectivity index (χ4n) is 3.93. The van der Waals surface area contributed by atoms with Crippen LogP contribution in [0.5, 0.6) is 5.75 Å². The number of methoxy groups -OCH3 is 1. The van der Waals surface area contributed by atoms with Crippen LogP contribution in [0.3, 0.4) is 0 Å². The summed E-state index contributed by atoms with van der Waals surface area (Å²) in [4.78, 5) is 17.5. The highest BCUT2D eigenvalue weighted by Gasteiger charge is 2.50. The molecule has 0 radical (unpaired) electrons. The topological polar surface area (TPSA) is 29.5 Å². The molecule has 1 saturated heterocycles. The van der Waals surface area contributed by atoms with Gasteiger partial charge in [0.1, 0.15) is 5.75 Å². The zero-order valence-electron chi connectivity index (χ0n) is 17.8. The van der Waals surface area contributed by atoms with Gasteiger partial charge in [-0.1, -0.05) is 55.5 Å². The Balaban J connectivity index is 1.59. The monoisotopic (exact) mass is 449 g/mol. The third-order valence-corrected chi connectivity index (χ3v) is 8.28. The normalized spacial score (nSPS) is 18.2. The lowest BCUT2D eigenvalue weighted by Crippen LogP contribution is -2.63. The summed E-state index contributed by atoms with van der Waals surface area (Å²) in [5.41, 5.74) is 1.13. The number of carbonyl (C=O) groups is 1. The molecule has 0 unspecified atom stereocenters. The first kappa shape index (κ1) is 21.8. The summed E-state index contributed by atoms with van der Waals surface area (Å²) in [6, 6.07) is 29.2. The van der Waals surface area contributed by atoms with Gasteiger partial charge in [-0.25, -0.2) is 0 Å². The molecule has 0 N–H and O–H groups in total. The molecule has 1 amide bonds. The van der Waals surface area contributed by atoms with Crippen LogP contribution in [0.25, 0.3) is 0 Å². The summed E-state index contributed by atoms with van der Waals surface area (Å²) in [6.07, 6.45) is 0.865. The van der Waals surface area contributed by atoms with Gasteiger partial charge in [-0.3, -0.25) is 4.79 Å². The van der Waals surface area contributed by atoms with E-state index in [2.05, 4.69) is 60.4 Å². The molecule has 1 heterocycles. The molecular formula is C26H27NO2S2. The van der Waals surface area contributed by atoms with Crippen LogP contribution < -0.4 is 4.74 Å². The van der Waals surface area contributed by atoms with Crippen molar-refractivity contribution in [3.8, 4) is 5.75 Å². The maximum Gasteiger partial charge on any atom is 0.228 e. The van der Waals surface area contributed by atoms with Crippen molar-refractivity contribution in [2.24, 2.45) is 5.92 Å². The van der Waals surface area contributed by atoms with E-state index in [4.69, 9.17) is 4.74 Å². The van der Waals surface area contributed by atoms with Crippen molar-refractivity contribution >= 4 is 29.4 Å². The lowest BCUT2D eigenvalue weighted by atomic mass is 9.85. The molecule has 0 aliphatic carbocycles. The Labute approximate surface area is 193 Å². The highest BCUT2D eigenvalue weighted by atomic mass is 32.2. The SMILES string of the molecule is CC[C@H]1C(=O)N(Cc2ccc(OC)cc2)[C@@H]1C(Sc1ccccc1)Sc1ccccc1. The average Bonchev–Trinajstić information content (AvgIpc) is 2.82. The Kier molecular flexibility index (Phi) is 7.25. The van der Waals surface area contributed by atoms with E-state index in [1.165, 1.54) is 9.79 Å². The molecule has 0 bridgehead atoms. The molecule has 0 spiro atoms. The Morgan fingerprint density at radius 2 is 1.42 bits per heavy atom. The molecule has 5 heteroatoms. The van der Waals surface area contributed by atoms with Crippen LogP contribution in [-0.2, 0) is 11.3 Å². The van der Waals surface area contributed by atoms with E-state index in [9.17, 15) is 4.79 Å². The van der Waals surface area contributed by atoms with Crippen molar-refractivity contribution in [2.45, 2.75) is 40.3 Å². The number of carbonyl (C=O) groups excluding carboxylic acids is 1. The molecule has 1 aliphatic heterocycles. The molecule has 1 fully saturated rings. The van der Waals surface area contributed by atoms with Crippen LogP contribution in [0.15, 0.2) is 94.7 Å². The largest absolute Gasteiger partial charge is 0.497 e. The number of nitrogens with zero attached hydrogens (tertiary/aromatic N) is 1. The van der Waals surface area contributed by atoms with Crippen molar-refractivity contribution in [1.29, 1.82) is 0 Å². The van der Waals surface area contributed by atoms with Gasteiger partial charge in [0.15, 0.2) is 0 Å². The first-order chi connectivity index (χ1) is 15.2. The van der Waals surface area contributed by atoms with Crippen molar-refractivity contribution in [3.05, 3.63) is 90.5 Å². The summed E-state index contributed by atoms with van der Waals surface area (Å²) in [5, 5.41) is 0. The fraction of sp³-hybridized carbons (Fsp3) is 0.269. The molecule has 0 aromatic heterocycles. The van der Waals surface area contributed by atoms with Gasteiger partial charge in [0, 0.05) is 16.3 Å². The van der Waals surface area contributed by atoms with Crippen molar-refractivity contribution < 1.29 is 9.53 Å². The van der Waals surface area contributed by atoms with Gasteiger partial charge < -0.3 is 9.64 Å². The highest BCUT2D eigenvalue weighted by Crippen LogP contribution is 2.46. The van der Waals surface area contributed by atoms with Crippen LogP contribution in [-0.4, -0.2) is 28.5 Å². The van der Waals surface area contributed by atoms with Crippen LogP contribution in [0.4, 0.5) is 0 Å². The minimum atomic E-state index is 0.0654. The van der Waals surface area contributed by atoms with Crippen molar-refractivity contribution in [3.63, 3.8) is 0 Å². The summed E-state index contributed by atoms with van der Waals surface area (Å²) in [5.74, 6) is 1.16. The van der Waals surface area contributed by atoms with Crippen LogP contribution in [0.1, 0.15) is 18.9 Å². The lowest BCUT2D eigenvalue weighted by molar-refractivity contribution is -0.156. The second-order valence-electron chi connectivity index (χ2n) is 7.55. The second-order valence-corrected chi connectivity index (χ2v) is 10.3. The molecule has 1 aliphatic rings. The molecule has 4 rings (SSSR count). The number of hydrogen-bond acceptors (Lipinski definition) is 4. The van der Waals surface area contributed by atoms with Gasteiger partial charge in [0.2, 0.25) is 5.91 Å². The van der Waals surface area contributed by atoms with Crippen LogP contribution in [0, 0.1) is 5.92 Å². The third kappa shape index (κ3) is 5.10. The number of ether oxygens (including phenoxy) is 1. The smallest absolute Gasteiger partial charge is 0.228 e. The number of thioether (sulfide) groups is 2. The summed E-state index contributed by atoms with van der Waals surface area (Å²) >= 11 is 3.72. The quantitative estimate of drug-likeness (QED) is 0.216. The molecule has 3 aromatic rings. The highest BCUT2D eigenvalue weighted by molar-refractivity contribution is 8.17. The number of hydrogen-bond donors (Lipinski definition) is 0. The first-order valence-corrected chi connectivity index (χ1v) is 12.3. The summed E-state index contributed by atoms with van der Waals surface area (Å²) < 4.78 is 5.49. The Morgan fingerprint density at radius 3 is 1.90 bits per heavy atom. The summed E-state index contributed by atoms with van der Waals surface area (Å²) in [7, 11) is 1.67. The number of benzene rings is 3. The van der Waals surface area contributed by atoms with Crippen molar-refractivity contribution in [1.82, 2.24) is 4.90 Å². The number of amides is 1. The fourth-order valence-corrected chi connectivity index (χ4v) is 6.91. The zero-order valence-corrected chi connectivity index (χ0v) is 19.4. The molecule has 31 heavy (non-hydrogen) atoms. The summed E-state index contributed by atoms with van der Waals surface area (Å²) in [6.45, 7) is 2.75. The van der Waals surface area contributed by atoms with Gasteiger partial charge in [-0.15, -0.1) is 23.5 Å². The van der Waals surface area contributed by atoms with E-state index in [0.29, 0.717) is 6.54 Å². The van der Waals surface area contributed by atoms with E-state index in [1.54, 1.807) is 7.11 Å². The van der Waals surface area contributed by atoms with E-state index >= 15 is 0 Å². The van der Waals surface area contributed by atoms with Crippen LogP contribution >= 0.6 is 23.5 Å². The maximum absolute atomic E-state index is 13.0. The number of likely N-dealkylation sites (tertiary alicyclic amines) is 1. The molecule has 3 nitrogen and oxygen atoms in total. The minimum Gasteiger partial charge on any atom is -0.497 e. The molecule has 0 saturated carbocycles. The predicted octanol–water partition coefficient (Wildman–Crippen LogP) is 6.34. The number of rotatable bonds is 9. The average molecular weight is 450 g/mol. The van der Waals surface area contributed by atoms with E-state index in [-0.39, 0.29) is 22.4 Å². The second kappa shape index (κ2) is 10.3. The lowest BCUT2D eigenvalue weighted by Gasteiger charge is -2.50. The standard InChI is InChI=1S/C26H27NO2S2/c1-3-23-24(27(25(23)28)18-19-14-16-20(29-2)17-15-19)26(30-21-10-6-4-7-11-21)31-22-12-8-5-9-13-22/h4-17,23-24,26H,3,18H2,1-2H3/t23-,24+/m1/s1. The van der Waals surface area contributed by atoms with E-state index in [1.807, 2.05) is 59.9 Å². The number of β-lactam (4-membered cyclic amide) rings is 1. The van der Waals surface area contributed by atoms with Crippen molar-refractivity contribution in [2.75, 3.05) is 7.11 Å². The Morgan fingerprint density at radius 1 is 0.871 bits per heavy atom. The van der Waals surface area contributed by atoms with Gasteiger partial charge in [-0.05, 0) is 48.4 Å². The molecule has 2 atom stereocenters. The van der Waals surface area contributed by atoms with Gasteiger partial charge in [-0.2, -0.15) is 0 Å². The zero-order chi connectivity index (χ0) is 21.6. The molecular weight excluding hydrogens is 422 g/mol. The van der Waals surface area contributed by atoms with Crippen LogP contribution in [0.2, 0.25) is 0 Å².